The fraction of sp³-hybridized carbons (Fsp3) is 1.00. The minimum absolute atomic E-state index is 0.166. The predicted molar refractivity (Wildman–Crippen MR) is 71.2 cm³/mol. The van der Waals surface area contributed by atoms with Crippen molar-refractivity contribution in [3.8, 4) is 0 Å². The van der Waals surface area contributed by atoms with Crippen molar-refractivity contribution in [2.24, 2.45) is 11.8 Å². The third-order valence-electron chi connectivity index (χ3n) is 4.29. The summed E-state index contributed by atoms with van der Waals surface area (Å²) in [5, 5.41) is 0. The summed E-state index contributed by atoms with van der Waals surface area (Å²) < 4.78 is 22.8. The molecule has 17 heavy (non-hydrogen) atoms. The molecule has 0 heterocycles. The van der Waals surface area contributed by atoms with E-state index in [0.29, 0.717) is 5.92 Å². The summed E-state index contributed by atoms with van der Waals surface area (Å²) in [4.78, 5) is 0. The van der Waals surface area contributed by atoms with E-state index < -0.39 is 14.6 Å². The molecule has 1 aliphatic rings. The Labute approximate surface area is 105 Å². The van der Waals surface area contributed by atoms with E-state index in [1.807, 2.05) is 0 Å². The molecule has 0 saturated heterocycles. The first-order chi connectivity index (χ1) is 7.79. The Morgan fingerprint density at radius 3 is 2.24 bits per heavy atom. The van der Waals surface area contributed by atoms with Gasteiger partial charge in [-0.1, -0.05) is 32.1 Å². The van der Waals surface area contributed by atoms with Crippen LogP contribution in [0.15, 0.2) is 0 Å². The van der Waals surface area contributed by atoms with Crippen molar-refractivity contribution in [2.75, 3.05) is 6.26 Å². The lowest BCUT2D eigenvalue weighted by atomic mass is 9.82. The summed E-state index contributed by atoms with van der Waals surface area (Å²) in [6, 6.07) is -0.166. The van der Waals surface area contributed by atoms with Gasteiger partial charge in [0.2, 0.25) is 0 Å². The van der Waals surface area contributed by atoms with Crippen molar-refractivity contribution in [2.45, 2.75) is 63.2 Å². The fourth-order valence-corrected chi connectivity index (χ4v) is 3.25. The summed E-state index contributed by atoms with van der Waals surface area (Å²) in [5.74, 6) is 6.17. The van der Waals surface area contributed by atoms with Crippen molar-refractivity contribution >= 4 is 9.84 Å². The van der Waals surface area contributed by atoms with E-state index in [-0.39, 0.29) is 6.04 Å². The van der Waals surface area contributed by atoms with Crippen LogP contribution in [0.5, 0.6) is 0 Å². The molecule has 102 valence electrons. The first-order valence-electron chi connectivity index (χ1n) is 6.44. The summed E-state index contributed by atoms with van der Waals surface area (Å²) in [5.41, 5.74) is 2.72. The zero-order valence-electron chi connectivity index (χ0n) is 11.2. The summed E-state index contributed by atoms with van der Waals surface area (Å²) in [7, 11) is -3.11. The van der Waals surface area contributed by atoms with Gasteiger partial charge in [-0.2, -0.15) is 0 Å². The van der Waals surface area contributed by atoms with Crippen LogP contribution in [0.3, 0.4) is 0 Å². The third-order valence-corrected chi connectivity index (χ3v) is 6.49. The molecule has 3 N–H and O–H groups in total. The molecule has 0 aromatic rings. The molecule has 4 nitrogen and oxygen atoms in total. The second kappa shape index (κ2) is 5.67. The molecule has 0 aromatic carbocycles. The third kappa shape index (κ3) is 3.66. The van der Waals surface area contributed by atoms with Crippen molar-refractivity contribution in [1.29, 1.82) is 0 Å². The number of hydrogen-bond acceptors (Lipinski definition) is 4. The lowest BCUT2D eigenvalue weighted by Crippen LogP contribution is -2.54. The van der Waals surface area contributed by atoms with Gasteiger partial charge in [-0.15, -0.1) is 0 Å². The molecule has 1 saturated carbocycles. The number of hydrogen-bond donors (Lipinski definition) is 2. The lowest BCUT2D eigenvalue weighted by molar-refractivity contribution is 0.273. The van der Waals surface area contributed by atoms with Gasteiger partial charge in [0, 0.05) is 12.3 Å². The number of nitrogens with two attached hydrogens (primary N) is 1. The van der Waals surface area contributed by atoms with Crippen LogP contribution in [0.4, 0.5) is 0 Å². The standard InChI is InChI=1S/C12H26N2O2S/c1-12(2,17(3,15)16)11(14-13)9-10-7-5-4-6-8-10/h10-11,14H,4-9,13H2,1-3H3. The fourth-order valence-electron chi connectivity index (χ4n) is 2.57. The Morgan fingerprint density at radius 1 is 1.29 bits per heavy atom. The van der Waals surface area contributed by atoms with E-state index in [4.69, 9.17) is 5.84 Å². The maximum Gasteiger partial charge on any atom is 0.154 e. The smallest absolute Gasteiger partial charge is 0.154 e. The molecule has 0 aromatic heterocycles. The van der Waals surface area contributed by atoms with Crippen LogP contribution in [-0.4, -0.2) is 25.5 Å². The Balaban J connectivity index is 2.70. The van der Waals surface area contributed by atoms with Crippen molar-refractivity contribution in [3.63, 3.8) is 0 Å². The van der Waals surface area contributed by atoms with Gasteiger partial charge in [-0.05, 0) is 26.2 Å². The number of nitrogens with one attached hydrogen (secondary N) is 1. The van der Waals surface area contributed by atoms with E-state index in [0.717, 1.165) is 6.42 Å². The highest BCUT2D eigenvalue weighted by molar-refractivity contribution is 7.92. The molecule has 1 rings (SSSR count). The largest absolute Gasteiger partial charge is 0.271 e. The topological polar surface area (TPSA) is 72.2 Å². The maximum atomic E-state index is 11.8. The Bertz CT molecular complexity index is 332. The molecule has 1 atom stereocenters. The van der Waals surface area contributed by atoms with Gasteiger partial charge in [0.05, 0.1) is 4.75 Å². The average Bonchev–Trinajstić information content (AvgIpc) is 2.25. The van der Waals surface area contributed by atoms with Crippen molar-refractivity contribution in [3.05, 3.63) is 0 Å². The van der Waals surface area contributed by atoms with Crippen LogP contribution >= 0.6 is 0 Å². The highest BCUT2D eigenvalue weighted by atomic mass is 32.2. The highest BCUT2D eigenvalue weighted by Crippen LogP contribution is 2.31. The van der Waals surface area contributed by atoms with E-state index in [1.165, 1.54) is 38.4 Å². The zero-order chi connectivity index (χ0) is 13.1. The van der Waals surface area contributed by atoms with Crippen LogP contribution in [-0.2, 0) is 9.84 Å². The van der Waals surface area contributed by atoms with Crippen LogP contribution in [0.2, 0.25) is 0 Å². The van der Waals surface area contributed by atoms with Crippen LogP contribution in [0, 0.1) is 5.92 Å². The molecular formula is C12H26N2O2S. The van der Waals surface area contributed by atoms with Gasteiger partial charge >= 0.3 is 0 Å². The molecule has 1 unspecified atom stereocenters. The normalized spacial score (nSPS) is 21.4. The Morgan fingerprint density at radius 2 is 1.82 bits per heavy atom. The van der Waals surface area contributed by atoms with Crippen LogP contribution in [0.1, 0.15) is 52.4 Å². The van der Waals surface area contributed by atoms with E-state index >= 15 is 0 Å². The summed E-state index contributed by atoms with van der Waals surface area (Å²) >= 11 is 0. The molecule has 0 aliphatic heterocycles. The number of sulfone groups is 1. The molecule has 5 heteroatoms. The molecular weight excluding hydrogens is 236 g/mol. The molecule has 1 fully saturated rings. The van der Waals surface area contributed by atoms with E-state index in [2.05, 4.69) is 5.43 Å². The van der Waals surface area contributed by atoms with Gasteiger partial charge in [-0.3, -0.25) is 11.3 Å². The van der Waals surface area contributed by atoms with Crippen LogP contribution < -0.4 is 11.3 Å². The minimum atomic E-state index is -3.11. The molecule has 1 aliphatic carbocycles. The highest BCUT2D eigenvalue weighted by Gasteiger charge is 2.39. The SMILES string of the molecule is CC(C)(C(CC1CCCCC1)NN)S(C)(=O)=O. The van der Waals surface area contributed by atoms with E-state index in [1.54, 1.807) is 13.8 Å². The zero-order valence-corrected chi connectivity index (χ0v) is 12.0. The van der Waals surface area contributed by atoms with Crippen molar-refractivity contribution in [1.82, 2.24) is 5.43 Å². The molecule has 0 bridgehead atoms. The lowest BCUT2D eigenvalue weighted by Gasteiger charge is -2.35. The second-order valence-electron chi connectivity index (χ2n) is 5.83. The quantitative estimate of drug-likeness (QED) is 0.583. The summed E-state index contributed by atoms with van der Waals surface area (Å²) in [6.07, 6.45) is 8.40. The van der Waals surface area contributed by atoms with Gasteiger partial charge < -0.3 is 0 Å². The van der Waals surface area contributed by atoms with Crippen molar-refractivity contribution < 1.29 is 8.42 Å². The Hall–Kier alpha value is -0.130. The maximum absolute atomic E-state index is 11.8. The summed E-state index contributed by atoms with van der Waals surface area (Å²) in [6.45, 7) is 3.52. The first kappa shape index (κ1) is 14.9. The van der Waals surface area contributed by atoms with E-state index in [9.17, 15) is 8.42 Å². The Kier molecular flexibility index (Phi) is 4.98. The number of hydrazine groups is 1. The number of rotatable bonds is 5. The molecule has 0 amide bonds. The van der Waals surface area contributed by atoms with Gasteiger partial charge in [0.1, 0.15) is 0 Å². The van der Waals surface area contributed by atoms with Gasteiger partial charge in [0.15, 0.2) is 9.84 Å². The predicted octanol–water partition coefficient (Wildman–Crippen LogP) is 1.61. The monoisotopic (exact) mass is 262 g/mol. The van der Waals surface area contributed by atoms with Crippen LogP contribution in [0.25, 0.3) is 0 Å². The average molecular weight is 262 g/mol. The molecule has 0 radical (unpaired) electrons. The molecule has 0 spiro atoms. The minimum Gasteiger partial charge on any atom is -0.271 e. The first-order valence-corrected chi connectivity index (χ1v) is 8.34. The second-order valence-corrected chi connectivity index (χ2v) is 8.43. The van der Waals surface area contributed by atoms with Gasteiger partial charge in [0.25, 0.3) is 0 Å². The van der Waals surface area contributed by atoms with Gasteiger partial charge in [-0.25, -0.2) is 8.42 Å².